The molecule has 1 aromatic rings. The van der Waals surface area contributed by atoms with E-state index in [2.05, 4.69) is 37.0 Å². The second kappa shape index (κ2) is 6.88. The Labute approximate surface area is 158 Å². The fraction of sp³-hybridized carbons (Fsp3) is 0.381. The van der Waals surface area contributed by atoms with Crippen LogP contribution >= 0.6 is 0 Å². The van der Waals surface area contributed by atoms with Crippen LogP contribution in [0.5, 0.6) is 0 Å². The molecule has 136 valence electrons. The van der Waals surface area contributed by atoms with E-state index < -0.39 is 17.2 Å². The largest absolute Gasteiger partial charge is 0.399 e. The van der Waals surface area contributed by atoms with Gasteiger partial charge in [0.1, 0.15) is 11.9 Å². The second-order valence-electron chi connectivity index (χ2n) is 7.27. The van der Waals surface area contributed by atoms with Crippen LogP contribution in [0.2, 0.25) is 0 Å². The summed E-state index contributed by atoms with van der Waals surface area (Å²) < 4.78 is 13.5. The third-order valence-corrected chi connectivity index (χ3v) is 5.65. The van der Waals surface area contributed by atoms with E-state index in [1.165, 1.54) is 12.1 Å². The number of halogens is 1. The summed E-state index contributed by atoms with van der Waals surface area (Å²) in [5, 5.41) is 29.6. The molecule has 0 radical (unpaired) electrons. The summed E-state index contributed by atoms with van der Waals surface area (Å²) in [4.78, 5) is 2.22. The highest BCUT2D eigenvalue weighted by atomic mass is 19.1. The summed E-state index contributed by atoms with van der Waals surface area (Å²) in [5.41, 5.74) is 6.22. The van der Waals surface area contributed by atoms with Gasteiger partial charge in [-0.15, -0.1) is 0 Å². The quantitative estimate of drug-likeness (QED) is 0.873. The standard InChI is InChI=1S/C21H20FN5/c1-13(2)27-8-7-16-17(9-23)20(26)21(11-24,12-25)19(18(16)10-27)14-3-5-15(22)6-4-14/h3-7,13,18-19H,8,10,26H2,1-2H3/t18-,19-/m1/s1. The molecule has 5 nitrogen and oxygen atoms in total. The van der Waals surface area contributed by atoms with E-state index in [-0.39, 0.29) is 23.2 Å². The highest BCUT2D eigenvalue weighted by Gasteiger charge is 2.54. The van der Waals surface area contributed by atoms with E-state index >= 15 is 0 Å². The fourth-order valence-electron chi connectivity index (χ4n) is 4.17. The Bertz CT molecular complexity index is 923. The first kappa shape index (κ1) is 18.6. The molecule has 1 aromatic carbocycles. The van der Waals surface area contributed by atoms with Crippen LogP contribution in [0.4, 0.5) is 4.39 Å². The van der Waals surface area contributed by atoms with Crippen LogP contribution in [0.15, 0.2) is 47.2 Å². The lowest BCUT2D eigenvalue weighted by Gasteiger charge is -2.46. The number of hydrogen-bond donors (Lipinski definition) is 1. The highest BCUT2D eigenvalue weighted by molar-refractivity contribution is 5.59. The summed E-state index contributed by atoms with van der Waals surface area (Å²) >= 11 is 0. The fourth-order valence-corrected chi connectivity index (χ4v) is 4.17. The summed E-state index contributed by atoms with van der Waals surface area (Å²) in [6.45, 7) is 5.41. The second-order valence-corrected chi connectivity index (χ2v) is 7.27. The van der Waals surface area contributed by atoms with Crippen LogP contribution < -0.4 is 5.73 Å². The SMILES string of the molecule is CC(C)N1CC=C2C(C#N)=C(N)C(C#N)(C#N)[C@H](c3ccc(F)cc3)[C@@H]2C1. The van der Waals surface area contributed by atoms with Crippen LogP contribution in [0.25, 0.3) is 0 Å². The lowest BCUT2D eigenvalue weighted by Crippen LogP contribution is -2.49. The van der Waals surface area contributed by atoms with Crippen molar-refractivity contribution < 1.29 is 4.39 Å². The first-order valence-electron chi connectivity index (χ1n) is 8.82. The molecule has 6 heteroatoms. The number of nitrogens with zero attached hydrogens (tertiary/aromatic N) is 4. The summed E-state index contributed by atoms with van der Waals surface area (Å²) in [6, 6.07) is 12.4. The maximum Gasteiger partial charge on any atom is 0.191 e. The van der Waals surface area contributed by atoms with E-state index in [4.69, 9.17) is 5.73 Å². The Hall–Kier alpha value is -3.14. The molecule has 0 amide bonds. The smallest absolute Gasteiger partial charge is 0.191 e. The van der Waals surface area contributed by atoms with Gasteiger partial charge >= 0.3 is 0 Å². The topological polar surface area (TPSA) is 101 Å². The van der Waals surface area contributed by atoms with Crippen molar-refractivity contribution in [2.45, 2.75) is 25.8 Å². The van der Waals surface area contributed by atoms with E-state index in [0.717, 1.165) is 5.57 Å². The van der Waals surface area contributed by atoms with Gasteiger partial charge in [-0.25, -0.2) is 4.39 Å². The minimum absolute atomic E-state index is 0.00942. The maximum absolute atomic E-state index is 13.5. The minimum atomic E-state index is -1.68. The zero-order valence-corrected chi connectivity index (χ0v) is 15.3. The van der Waals surface area contributed by atoms with Crippen molar-refractivity contribution in [3.63, 3.8) is 0 Å². The summed E-state index contributed by atoms with van der Waals surface area (Å²) in [7, 11) is 0. The third kappa shape index (κ3) is 2.78. The van der Waals surface area contributed by atoms with Crippen molar-refractivity contribution >= 4 is 0 Å². The molecule has 1 aliphatic carbocycles. The number of nitrogens with two attached hydrogens (primary N) is 1. The third-order valence-electron chi connectivity index (χ3n) is 5.65. The summed E-state index contributed by atoms with van der Waals surface area (Å²) in [5.74, 6) is -1.23. The van der Waals surface area contributed by atoms with Crippen LogP contribution in [0.1, 0.15) is 25.3 Å². The van der Waals surface area contributed by atoms with Gasteiger partial charge in [-0.05, 0) is 37.1 Å². The average molecular weight is 361 g/mol. The van der Waals surface area contributed by atoms with Crippen molar-refractivity contribution in [2.24, 2.45) is 17.1 Å². The first-order chi connectivity index (χ1) is 12.9. The lowest BCUT2D eigenvalue weighted by molar-refractivity contribution is 0.174. The predicted molar refractivity (Wildman–Crippen MR) is 97.9 cm³/mol. The van der Waals surface area contributed by atoms with Gasteiger partial charge in [0.25, 0.3) is 0 Å². The van der Waals surface area contributed by atoms with Crippen molar-refractivity contribution in [1.29, 1.82) is 15.8 Å². The number of benzene rings is 1. The van der Waals surface area contributed by atoms with Crippen molar-refractivity contribution in [3.05, 3.63) is 58.6 Å². The van der Waals surface area contributed by atoms with E-state index in [9.17, 15) is 20.2 Å². The Morgan fingerprint density at radius 1 is 1.19 bits per heavy atom. The van der Waals surface area contributed by atoms with Gasteiger partial charge in [-0.1, -0.05) is 18.2 Å². The Kier molecular flexibility index (Phi) is 4.75. The molecule has 2 N–H and O–H groups in total. The zero-order chi connectivity index (χ0) is 19.8. The molecule has 0 bridgehead atoms. The molecule has 3 rings (SSSR count). The number of nitriles is 3. The maximum atomic E-state index is 13.5. The summed E-state index contributed by atoms with van der Waals surface area (Å²) in [6.07, 6.45) is 1.97. The molecule has 0 saturated heterocycles. The normalized spacial score (nSPS) is 24.4. The van der Waals surface area contributed by atoms with Gasteiger partial charge in [0.2, 0.25) is 0 Å². The Balaban J connectivity index is 2.29. The van der Waals surface area contributed by atoms with Crippen molar-refractivity contribution in [2.75, 3.05) is 13.1 Å². The van der Waals surface area contributed by atoms with Crippen LogP contribution in [-0.2, 0) is 0 Å². The number of fused-ring (bicyclic) bond motifs is 1. The van der Waals surface area contributed by atoms with Crippen molar-refractivity contribution in [1.82, 2.24) is 4.90 Å². The molecular formula is C21H20FN5. The van der Waals surface area contributed by atoms with Gasteiger partial charge in [0.05, 0.1) is 23.4 Å². The number of hydrogen-bond acceptors (Lipinski definition) is 5. The highest BCUT2D eigenvalue weighted by Crippen LogP contribution is 2.54. The average Bonchev–Trinajstić information content (AvgIpc) is 2.67. The van der Waals surface area contributed by atoms with Gasteiger partial charge in [0.15, 0.2) is 5.41 Å². The first-order valence-corrected chi connectivity index (χ1v) is 8.82. The van der Waals surface area contributed by atoms with E-state index in [0.29, 0.717) is 18.7 Å². The van der Waals surface area contributed by atoms with Gasteiger partial charge in [-0.2, -0.15) is 15.8 Å². The Morgan fingerprint density at radius 3 is 2.33 bits per heavy atom. The van der Waals surface area contributed by atoms with Gasteiger partial charge < -0.3 is 5.73 Å². The van der Waals surface area contributed by atoms with Gasteiger partial charge in [0, 0.05) is 31.0 Å². The molecule has 2 aliphatic rings. The minimum Gasteiger partial charge on any atom is -0.399 e. The van der Waals surface area contributed by atoms with E-state index in [1.54, 1.807) is 12.1 Å². The molecule has 0 unspecified atom stereocenters. The van der Waals surface area contributed by atoms with Crippen LogP contribution in [0.3, 0.4) is 0 Å². The molecule has 1 aliphatic heterocycles. The molecular weight excluding hydrogens is 341 g/mol. The molecule has 0 aromatic heterocycles. The zero-order valence-electron chi connectivity index (χ0n) is 15.3. The Morgan fingerprint density at radius 2 is 1.81 bits per heavy atom. The predicted octanol–water partition coefficient (Wildman–Crippen LogP) is 2.96. The number of rotatable bonds is 2. The molecule has 1 heterocycles. The van der Waals surface area contributed by atoms with Crippen molar-refractivity contribution in [3.8, 4) is 18.2 Å². The monoisotopic (exact) mass is 361 g/mol. The molecule has 0 fully saturated rings. The lowest BCUT2D eigenvalue weighted by atomic mass is 9.58. The number of allylic oxidation sites excluding steroid dienone is 2. The van der Waals surface area contributed by atoms with E-state index in [1.807, 2.05) is 6.08 Å². The van der Waals surface area contributed by atoms with Gasteiger partial charge in [-0.3, -0.25) is 4.90 Å². The molecule has 27 heavy (non-hydrogen) atoms. The molecule has 0 saturated carbocycles. The van der Waals surface area contributed by atoms with Crippen LogP contribution in [-0.4, -0.2) is 24.0 Å². The molecule has 0 spiro atoms. The van der Waals surface area contributed by atoms with Crippen LogP contribution in [0, 0.1) is 51.1 Å². The molecule has 2 atom stereocenters.